The molecule has 0 bridgehead atoms. The maximum Gasteiger partial charge on any atom is 0.322 e. The van der Waals surface area contributed by atoms with E-state index >= 15 is 0 Å². The molecule has 3 aliphatic rings. The van der Waals surface area contributed by atoms with E-state index in [0.717, 1.165) is 25.0 Å². The van der Waals surface area contributed by atoms with Gasteiger partial charge in [-0.15, -0.1) is 0 Å². The van der Waals surface area contributed by atoms with Gasteiger partial charge in [0, 0.05) is 20.2 Å². The first-order valence-electron chi connectivity index (χ1n) is 10.00. The summed E-state index contributed by atoms with van der Waals surface area (Å²) >= 11 is 0. The lowest BCUT2D eigenvalue weighted by molar-refractivity contribution is -0.136. The molecule has 8 heteroatoms. The molecule has 154 valence electrons. The third-order valence-corrected chi connectivity index (χ3v) is 5.90. The first-order valence-corrected chi connectivity index (χ1v) is 10.00. The molecule has 0 aromatic heterocycles. The zero-order valence-electron chi connectivity index (χ0n) is 16.7. The standard InChI is InChI=1S/C21H26N4O4/c1-13(19(26)22-11-15-9-6-10-29-15)25-12-16-17(20(25)27)18(23-21(28)24(16)2)14-7-4-3-5-8-14/h3-5,7-8,13,15,18H,6,9-12H2,1-2H3,(H,22,26)(H,23,28). The Kier molecular flexibility index (Phi) is 5.27. The highest BCUT2D eigenvalue weighted by Gasteiger charge is 2.45. The maximum absolute atomic E-state index is 13.3. The van der Waals surface area contributed by atoms with Crippen molar-refractivity contribution >= 4 is 17.8 Å². The summed E-state index contributed by atoms with van der Waals surface area (Å²) in [6, 6.07) is 7.98. The maximum atomic E-state index is 13.3. The monoisotopic (exact) mass is 398 g/mol. The van der Waals surface area contributed by atoms with Crippen molar-refractivity contribution < 1.29 is 19.1 Å². The summed E-state index contributed by atoms with van der Waals surface area (Å²) in [7, 11) is 1.64. The van der Waals surface area contributed by atoms with Gasteiger partial charge in [0.1, 0.15) is 6.04 Å². The van der Waals surface area contributed by atoms with Gasteiger partial charge in [0.05, 0.1) is 30.0 Å². The third-order valence-electron chi connectivity index (χ3n) is 5.90. The summed E-state index contributed by atoms with van der Waals surface area (Å²) in [5, 5.41) is 5.79. The van der Waals surface area contributed by atoms with Gasteiger partial charge in [0.15, 0.2) is 0 Å². The summed E-state index contributed by atoms with van der Waals surface area (Å²) in [6.45, 7) is 3.13. The average molecular weight is 398 g/mol. The van der Waals surface area contributed by atoms with Crippen LogP contribution in [0.15, 0.2) is 41.6 Å². The summed E-state index contributed by atoms with van der Waals surface area (Å²) < 4.78 is 5.54. The van der Waals surface area contributed by atoms with Crippen LogP contribution in [0.2, 0.25) is 0 Å². The predicted octanol–water partition coefficient (Wildman–Crippen LogP) is 1.16. The second-order valence-electron chi connectivity index (χ2n) is 7.70. The predicted molar refractivity (Wildman–Crippen MR) is 106 cm³/mol. The van der Waals surface area contributed by atoms with Gasteiger partial charge in [-0.25, -0.2) is 4.79 Å². The molecule has 1 aromatic rings. The number of hydrogen-bond acceptors (Lipinski definition) is 4. The average Bonchev–Trinajstić information content (AvgIpc) is 3.37. The molecular weight excluding hydrogens is 372 g/mol. The lowest BCUT2D eigenvalue weighted by Crippen LogP contribution is -2.48. The Balaban J connectivity index is 1.51. The van der Waals surface area contributed by atoms with E-state index < -0.39 is 12.1 Å². The van der Waals surface area contributed by atoms with Crippen molar-refractivity contribution in [2.75, 3.05) is 26.7 Å². The quantitative estimate of drug-likeness (QED) is 0.779. The van der Waals surface area contributed by atoms with Gasteiger partial charge in [-0.3, -0.25) is 14.5 Å². The van der Waals surface area contributed by atoms with Crippen LogP contribution in [-0.2, 0) is 14.3 Å². The summed E-state index contributed by atoms with van der Waals surface area (Å²) in [5.41, 5.74) is 2.01. The van der Waals surface area contributed by atoms with Gasteiger partial charge in [-0.1, -0.05) is 30.3 Å². The van der Waals surface area contributed by atoms with Gasteiger partial charge in [-0.05, 0) is 25.3 Å². The van der Waals surface area contributed by atoms with Gasteiger partial charge in [0.25, 0.3) is 5.91 Å². The van der Waals surface area contributed by atoms with Crippen molar-refractivity contribution in [1.29, 1.82) is 0 Å². The van der Waals surface area contributed by atoms with Crippen LogP contribution in [0.4, 0.5) is 4.79 Å². The van der Waals surface area contributed by atoms with Gasteiger partial charge in [-0.2, -0.15) is 0 Å². The number of ether oxygens (including phenoxy) is 1. The highest BCUT2D eigenvalue weighted by Crippen LogP contribution is 2.36. The van der Waals surface area contributed by atoms with Crippen molar-refractivity contribution in [2.45, 2.75) is 38.0 Å². The number of amides is 4. The number of likely N-dealkylation sites (N-methyl/N-ethyl adjacent to an activating group) is 1. The van der Waals surface area contributed by atoms with Crippen molar-refractivity contribution in [2.24, 2.45) is 0 Å². The van der Waals surface area contributed by atoms with Crippen LogP contribution in [-0.4, -0.2) is 66.5 Å². The number of nitrogens with zero attached hydrogens (tertiary/aromatic N) is 2. The van der Waals surface area contributed by atoms with Crippen molar-refractivity contribution in [3.05, 3.63) is 47.2 Å². The minimum absolute atomic E-state index is 0.0437. The fourth-order valence-corrected chi connectivity index (χ4v) is 4.11. The SMILES string of the molecule is CC(C(=O)NCC1CCCO1)N1CC2=C(C1=O)C(c1ccccc1)NC(=O)N2C. The number of carbonyl (C=O) groups is 3. The molecule has 1 aromatic carbocycles. The second-order valence-corrected chi connectivity index (χ2v) is 7.70. The minimum atomic E-state index is -0.644. The molecule has 4 rings (SSSR count). The van der Waals surface area contributed by atoms with E-state index in [4.69, 9.17) is 4.74 Å². The lowest BCUT2D eigenvalue weighted by atomic mass is 9.96. The number of urea groups is 1. The van der Waals surface area contributed by atoms with E-state index in [9.17, 15) is 14.4 Å². The van der Waals surface area contributed by atoms with E-state index in [-0.39, 0.29) is 30.5 Å². The molecule has 1 fully saturated rings. The molecule has 3 heterocycles. The number of benzene rings is 1. The van der Waals surface area contributed by atoms with E-state index in [1.54, 1.807) is 14.0 Å². The van der Waals surface area contributed by atoms with E-state index in [1.165, 1.54) is 9.80 Å². The van der Waals surface area contributed by atoms with Crippen LogP contribution in [0.1, 0.15) is 31.4 Å². The molecule has 2 N–H and O–H groups in total. The first-order chi connectivity index (χ1) is 14.0. The second kappa shape index (κ2) is 7.87. The Morgan fingerprint density at radius 1 is 1.31 bits per heavy atom. The lowest BCUT2D eigenvalue weighted by Gasteiger charge is -2.31. The third kappa shape index (κ3) is 3.60. The molecule has 0 aliphatic carbocycles. The molecule has 1 saturated heterocycles. The topological polar surface area (TPSA) is 91.0 Å². The van der Waals surface area contributed by atoms with E-state index in [2.05, 4.69) is 10.6 Å². The Morgan fingerprint density at radius 2 is 2.07 bits per heavy atom. The fraction of sp³-hybridized carbons (Fsp3) is 0.476. The molecule has 29 heavy (non-hydrogen) atoms. The van der Waals surface area contributed by atoms with Gasteiger partial charge >= 0.3 is 6.03 Å². The zero-order chi connectivity index (χ0) is 20.5. The number of nitrogens with one attached hydrogen (secondary N) is 2. The molecule has 0 radical (unpaired) electrons. The molecule has 0 spiro atoms. The van der Waals surface area contributed by atoms with Crippen LogP contribution in [0.3, 0.4) is 0 Å². The fourth-order valence-electron chi connectivity index (χ4n) is 4.11. The Morgan fingerprint density at radius 3 is 2.76 bits per heavy atom. The summed E-state index contributed by atoms with van der Waals surface area (Å²) in [5.74, 6) is -0.438. The molecule has 3 aliphatic heterocycles. The first kappa shape index (κ1) is 19.4. The molecule has 4 amide bonds. The summed E-state index contributed by atoms with van der Waals surface area (Å²) in [4.78, 5) is 41.4. The molecule has 3 unspecified atom stereocenters. The highest BCUT2D eigenvalue weighted by molar-refractivity contribution is 6.03. The van der Waals surface area contributed by atoms with Crippen molar-refractivity contribution in [3.63, 3.8) is 0 Å². The summed E-state index contributed by atoms with van der Waals surface area (Å²) in [6.07, 6.45) is 1.98. The molecular formula is C21H26N4O4. The molecule has 0 saturated carbocycles. The Labute approximate surface area is 169 Å². The van der Waals surface area contributed by atoms with Crippen LogP contribution in [0, 0.1) is 0 Å². The largest absolute Gasteiger partial charge is 0.376 e. The van der Waals surface area contributed by atoms with Crippen LogP contribution in [0.25, 0.3) is 0 Å². The number of carbonyl (C=O) groups excluding carboxylic acids is 3. The van der Waals surface area contributed by atoms with Crippen molar-refractivity contribution in [1.82, 2.24) is 20.4 Å². The highest BCUT2D eigenvalue weighted by atomic mass is 16.5. The minimum Gasteiger partial charge on any atom is -0.376 e. The van der Waals surface area contributed by atoms with Crippen LogP contribution in [0.5, 0.6) is 0 Å². The number of rotatable bonds is 5. The Bertz CT molecular complexity index is 847. The zero-order valence-corrected chi connectivity index (χ0v) is 16.7. The van der Waals surface area contributed by atoms with Gasteiger partial charge < -0.3 is 20.3 Å². The van der Waals surface area contributed by atoms with Crippen molar-refractivity contribution in [3.8, 4) is 0 Å². The normalized spacial score (nSPS) is 25.2. The molecule has 8 nitrogen and oxygen atoms in total. The van der Waals surface area contributed by atoms with E-state index in [1.807, 2.05) is 30.3 Å². The number of hydrogen-bond donors (Lipinski definition) is 2. The van der Waals surface area contributed by atoms with Crippen LogP contribution >= 0.6 is 0 Å². The Hall–Kier alpha value is -2.87. The van der Waals surface area contributed by atoms with E-state index in [0.29, 0.717) is 17.8 Å². The molecule has 3 atom stereocenters. The van der Waals surface area contributed by atoms with Crippen LogP contribution < -0.4 is 10.6 Å². The van der Waals surface area contributed by atoms with Gasteiger partial charge in [0.2, 0.25) is 5.91 Å². The smallest absolute Gasteiger partial charge is 0.322 e.